The van der Waals surface area contributed by atoms with Crippen LogP contribution in [0, 0.1) is 0 Å². The molecule has 0 saturated carbocycles. The van der Waals surface area contributed by atoms with Crippen molar-refractivity contribution in [2.24, 2.45) is 0 Å². The summed E-state index contributed by atoms with van der Waals surface area (Å²) >= 11 is 0. The van der Waals surface area contributed by atoms with Gasteiger partial charge in [-0.15, -0.1) is 0 Å². The van der Waals surface area contributed by atoms with Crippen molar-refractivity contribution in [2.45, 2.75) is 58.9 Å². The molecule has 1 aromatic heterocycles. The molecule has 0 radical (unpaired) electrons. The van der Waals surface area contributed by atoms with Crippen LogP contribution in [0.3, 0.4) is 0 Å². The van der Waals surface area contributed by atoms with E-state index in [0.29, 0.717) is 17.7 Å². The summed E-state index contributed by atoms with van der Waals surface area (Å²) in [6.07, 6.45) is 7.71. The molecule has 7 heteroatoms. The summed E-state index contributed by atoms with van der Waals surface area (Å²) in [6.45, 7) is 8.81. The second kappa shape index (κ2) is 9.92. The lowest BCUT2D eigenvalue weighted by atomic mass is 10.1. The average Bonchev–Trinajstić information content (AvgIpc) is 3.17. The Balaban J connectivity index is 1.81. The molecule has 0 spiro atoms. The molecule has 0 fully saturated rings. The lowest BCUT2D eigenvalue weighted by Gasteiger charge is -2.18. The Kier molecular flexibility index (Phi) is 7.61. The number of benzene rings is 1. The SMILES string of the molecule is CCCCCCOc1ccc(C(=O)NNC(=O)c2cnn(C(C)(C)C)c2)cc1. The summed E-state index contributed by atoms with van der Waals surface area (Å²) in [7, 11) is 0. The van der Waals surface area contributed by atoms with E-state index in [4.69, 9.17) is 4.74 Å². The van der Waals surface area contributed by atoms with E-state index < -0.39 is 11.8 Å². The van der Waals surface area contributed by atoms with Crippen molar-refractivity contribution in [3.63, 3.8) is 0 Å². The monoisotopic (exact) mass is 386 g/mol. The zero-order valence-electron chi connectivity index (χ0n) is 17.1. The molecular weight excluding hydrogens is 356 g/mol. The van der Waals surface area contributed by atoms with Crippen LogP contribution in [0.25, 0.3) is 0 Å². The fraction of sp³-hybridized carbons (Fsp3) is 0.476. The van der Waals surface area contributed by atoms with E-state index in [1.807, 2.05) is 20.8 Å². The summed E-state index contributed by atoms with van der Waals surface area (Å²) in [5.74, 6) is -0.0892. The number of rotatable bonds is 8. The molecular formula is C21H30N4O3. The predicted molar refractivity (Wildman–Crippen MR) is 108 cm³/mol. The highest BCUT2D eigenvalue weighted by molar-refractivity contribution is 5.98. The Morgan fingerprint density at radius 1 is 1.00 bits per heavy atom. The smallest absolute Gasteiger partial charge is 0.272 e. The number of amides is 2. The highest BCUT2D eigenvalue weighted by Gasteiger charge is 2.17. The first-order valence-corrected chi connectivity index (χ1v) is 9.70. The zero-order valence-corrected chi connectivity index (χ0v) is 17.1. The summed E-state index contributed by atoms with van der Waals surface area (Å²) < 4.78 is 7.36. The van der Waals surface area contributed by atoms with Crippen LogP contribution in [-0.4, -0.2) is 28.2 Å². The summed E-state index contributed by atoms with van der Waals surface area (Å²) in [5, 5.41) is 4.17. The predicted octanol–water partition coefficient (Wildman–Crippen LogP) is 3.67. The van der Waals surface area contributed by atoms with E-state index in [9.17, 15) is 9.59 Å². The van der Waals surface area contributed by atoms with E-state index >= 15 is 0 Å². The topological polar surface area (TPSA) is 85.2 Å². The number of hydrazine groups is 1. The van der Waals surface area contributed by atoms with Crippen LogP contribution in [-0.2, 0) is 5.54 Å². The lowest BCUT2D eigenvalue weighted by molar-refractivity contribution is 0.0846. The fourth-order valence-corrected chi connectivity index (χ4v) is 2.49. The number of hydrogen-bond acceptors (Lipinski definition) is 4. The molecule has 0 unspecified atom stereocenters. The Morgan fingerprint density at radius 2 is 1.64 bits per heavy atom. The van der Waals surface area contributed by atoms with Gasteiger partial charge in [-0.25, -0.2) is 0 Å². The lowest BCUT2D eigenvalue weighted by Crippen LogP contribution is -2.41. The number of nitrogens with one attached hydrogen (secondary N) is 2. The van der Waals surface area contributed by atoms with Gasteiger partial charge in [0, 0.05) is 11.8 Å². The van der Waals surface area contributed by atoms with E-state index in [0.717, 1.165) is 18.6 Å². The molecule has 7 nitrogen and oxygen atoms in total. The summed E-state index contributed by atoms with van der Waals surface area (Å²) in [6, 6.07) is 6.84. The minimum absolute atomic E-state index is 0.221. The van der Waals surface area contributed by atoms with Gasteiger partial charge in [-0.1, -0.05) is 26.2 Å². The van der Waals surface area contributed by atoms with Crippen LogP contribution in [0.1, 0.15) is 74.1 Å². The molecule has 1 heterocycles. The molecule has 1 aromatic carbocycles. The van der Waals surface area contributed by atoms with Crippen molar-refractivity contribution in [1.82, 2.24) is 20.6 Å². The third-order valence-electron chi connectivity index (χ3n) is 4.20. The summed E-state index contributed by atoms with van der Waals surface area (Å²) in [5.41, 5.74) is 5.41. The normalized spacial score (nSPS) is 11.1. The molecule has 0 atom stereocenters. The first-order chi connectivity index (χ1) is 13.3. The number of unbranched alkanes of at least 4 members (excludes halogenated alkanes) is 3. The van der Waals surface area contributed by atoms with Crippen molar-refractivity contribution in [1.29, 1.82) is 0 Å². The number of aromatic nitrogens is 2. The third kappa shape index (κ3) is 6.40. The van der Waals surface area contributed by atoms with E-state index in [1.165, 1.54) is 19.0 Å². The molecule has 2 aromatic rings. The third-order valence-corrected chi connectivity index (χ3v) is 4.20. The minimum atomic E-state index is -0.420. The van der Waals surface area contributed by atoms with Gasteiger partial charge in [0.15, 0.2) is 0 Å². The van der Waals surface area contributed by atoms with Crippen molar-refractivity contribution >= 4 is 11.8 Å². The minimum Gasteiger partial charge on any atom is -0.494 e. The molecule has 2 N–H and O–H groups in total. The van der Waals surface area contributed by atoms with Gasteiger partial charge in [-0.3, -0.25) is 25.1 Å². The van der Waals surface area contributed by atoms with E-state index in [2.05, 4.69) is 22.9 Å². The van der Waals surface area contributed by atoms with Gasteiger partial charge in [0.1, 0.15) is 5.75 Å². The number of ether oxygens (including phenoxy) is 1. The number of hydrogen-bond donors (Lipinski definition) is 2. The molecule has 0 saturated heterocycles. The van der Waals surface area contributed by atoms with Crippen LogP contribution in [0.5, 0.6) is 5.75 Å². The van der Waals surface area contributed by atoms with Crippen LogP contribution in [0.2, 0.25) is 0 Å². The zero-order chi connectivity index (χ0) is 20.6. The van der Waals surface area contributed by atoms with Gasteiger partial charge in [-0.2, -0.15) is 5.10 Å². The summed E-state index contributed by atoms with van der Waals surface area (Å²) in [4.78, 5) is 24.4. The standard InChI is InChI=1S/C21H30N4O3/c1-5-6-7-8-13-28-18-11-9-16(10-12-18)19(26)23-24-20(27)17-14-22-25(15-17)21(2,3)4/h9-12,14-15H,5-8,13H2,1-4H3,(H,23,26)(H,24,27). The van der Waals surface area contributed by atoms with Gasteiger partial charge >= 0.3 is 0 Å². The van der Waals surface area contributed by atoms with E-state index in [-0.39, 0.29) is 5.54 Å². The van der Waals surface area contributed by atoms with Gasteiger partial charge in [0.05, 0.1) is 23.9 Å². The molecule has 0 aliphatic carbocycles. The molecule has 0 bridgehead atoms. The van der Waals surface area contributed by atoms with Gasteiger partial charge in [-0.05, 0) is 51.5 Å². The van der Waals surface area contributed by atoms with Gasteiger partial charge in [0.25, 0.3) is 11.8 Å². The maximum absolute atomic E-state index is 12.2. The second-order valence-corrected chi connectivity index (χ2v) is 7.69. The quantitative estimate of drug-likeness (QED) is 0.535. The van der Waals surface area contributed by atoms with Crippen molar-refractivity contribution in [3.8, 4) is 5.75 Å². The van der Waals surface area contributed by atoms with Crippen LogP contribution >= 0.6 is 0 Å². The largest absolute Gasteiger partial charge is 0.494 e. The first kappa shape index (κ1) is 21.5. The number of carbonyl (C=O) groups excluding carboxylic acids is 2. The number of nitrogens with zero attached hydrogens (tertiary/aromatic N) is 2. The first-order valence-electron chi connectivity index (χ1n) is 9.70. The van der Waals surface area contributed by atoms with Crippen LogP contribution < -0.4 is 15.6 Å². The maximum atomic E-state index is 12.2. The van der Waals surface area contributed by atoms with Crippen molar-refractivity contribution in [2.75, 3.05) is 6.61 Å². The molecule has 0 aliphatic rings. The highest BCUT2D eigenvalue weighted by atomic mass is 16.5. The maximum Gasteiger partial charge on any atom is 0.272 e. The Bertz CT molecular complexity index is 776. The average molecular weight is 386 g/mol. The van der Waals surface area contributed by atoms with E-state index in [1.54, 1.807) is 35.1 Å². The fourth-order valence-electron chi connectivity index (χ4n) is 2.49. The van der Waals surface area contributed by atoms with Crippen LogP contribution in [0.15, 0.2) is 36.7 Å². The molecule has 2 amide bonds. The molecule has 0 aliphatic heterocycles. The highest BCUT2D eigenvalue weighted by Crippen LogP contribution is 2.14. The van der Waals surface area contributed by atoms with Crippen LogP contribution in [0.4, 0.5) is 0 Å². The molecule has 152 valence electrons. The second-order valence-electron chi connectivity index (χ2n) is 7.69. The van der Waals surface area contributed by atoms with Crippen molar-refractivity contribution in [3.05, 3.63) is 47.8 Å². The Hall–Kier alpha value is -2.83. The Labute approximate surface area is 166 Å². The van der Waals surface area contributed by atoms with Gasteiger partial charge in [0.2, 0.25) is 0 Å². The number of carbonyl (C=O) groups is 2. The molecule has 28 heavy (non-hydrogen) atoms. The van der Waals surface area contributed by atoms with Crippen molar-refractivity contribution < 1.29 is 14.3 Å². The van der Waals surface area contributed by atoms with Gasteiger partial charge < -0.3 is 4.74 Å². The Morgan fingerprint density at radius 3 is 2.21 bits per heavy atom. The molecule has 2 rings (SSSR count).